The topological polar surface area (TPSA) is 13.1 Å². The first-order chi connectivity index (χ1) is 22.3. The monoisotopic (exact) mass is 570 g/mol. The molecule has 0 aliphatic heterocycles. The molecule has 0 unspecified atom stereocenters. The van der Waals surface area contributed by atoms with Gasteiger partial charge in [0.05, 0.1) is 0 Å². The first-order valence-electron chi connectivity index (χ1n) is 15.5. The molecule has 10 rings (SSSR count). The molecule has 0 radical (unpaired) electrons. The zero-order valence-electron chi connectivity index (χ0n) is 24.4. The molecule has 0 spiro atoms. The van der Waals surface area contributed by atoms with Gasteiger partial charge >= 0.3 is 0 Å². The Kier molecular flexibility index (Phi) is 5.06. The summed E-state index contributed by atoms with van der Waals surface area (Å²) in [5.41, 5.74) is 6.90. The molecule has 10 aromatic rings. The molecule has 0 aliphatic carbocycles. The second-order valence-corrected chi connectivity index (χ2v) is 12.0. The van der Waals surface area contributed by atoms with Gasteiger partial charge in [0.2, 0.25) is 0 Å². The quantitative estimate of drug-likeness (QED) is 0.149. The maximum atomic E-state index is 6.48. The summed E-state index contributed by atoms with van der Waals surface area (Å²) in [5.74, 6) is 0. The molecule has 0 aliphatic rings. The summed E-state index contributed by atoms with van der Waals surface area (Å²) < 4.78 is 6.48. The molecule has 0 saturated carbocycles. The van der Waals surface area contributed by atoms with Crippen molar-refractivity contribution in [1.82, 2.24) is 0 Å². The fraction of sp³-hybridized carbons (Fsp3) is 0. The van der Waals surface area contributed by atoms with Gasteiger partial charge in [-0.2, -0.15) is 0 Å². The molecule has 45 heavy (non-hydrogen) atoms. The highest BCUT2D eigenvalue weighted by atomic mass is 16.3. The van der Waals surface area contributed by atoms with Crippen LogP contribution in [0.15, 0.2) is 162 Å². The molecule has 1 heteroatoms. The van der Waals surface area contributed by atoms with Crippen LogP contribution in [0.3, 0.4) is 0 Å². The van der Waals surface area contributed by atoms with Crippen LogP contribution in [-0.4, -0.2) is 0 Å². The van der Waals surface area contributed by atoms with E-state index in [-0.39, 0.29) is 0 Å². The van der Waals surface area contributed by atoms with E-state index in [4.69, 9.17) is 4.42 Å². The molecule has 1 nitrogen and oxygen atoms in total. The van der Waals surface area contributed by atoms with Gasteiger partial charge in [-0.25, -0.2) is 0 Å². The molecule has 1 aromatic heterocycles. The summed E-state index contributed by atoms with van der Waals surface area (Å²) in [7, 11) is 0. The molecule has 0 N–H and O–H groups in total. The predicted octanol–water partition coefficient (Wildman–Crippen LogP) is 12.7. The number of hydrogen-bond acceptors (Lipinski definition) is 1. The van der Waals surface area contributed by atoms with Crippen LogP contribution in [0.25, 0.3) is 98.1 Å². The third kappa shape index (κ3) is 3.44. The largest absolute Gasteiger partial charge is 0.455 e. The minimum atomic E-state index is 0.925. The molecule has 9 aromatic carbocycles. The standard InChI is InChI=1S/C44H26O/c1-2-12-28-27(11-1)23-24-30-29(28)18-9-19-33(30)42-35-14-3-5-16-37(35)43(38-17-6-4-15-36(38)42)34-20-10-21-39-31(34)25-26-40-32-13-7-8-22-41(32)45-44(39)40/h1-26H. The van der Waals surface area contributed by atoms with Crippen molar-refractivity contribution < 1.29 is 4.42 Å². The lowest BCUT2D eigenvalue weighted by Crippen LogP contribution is -1.92. The second kappa shape index (κ2) is 9.29. The SMILES string of the molecule is c1ccc2c(c1)ccc1c(-c3c4ccccc4c(-c4cccc5c4ccc4c6ccccc6oc54)c4ccccc34)cccc12. The fourth-order valence-electron chi connectivity index (χ4n) is 7.73. The lowest BCUT2D eigenvalue weighted by Gasteiger charge is -2.20. The Morgan fingerprint density at radius 2 is 0.711 bits per heavy atom. The number of para-hydroxylation sites is 1. The van der Waals surface area contributed by atoms with E-state index in [2.05, 4.69) is 152 Å². The van der Waals surface area contributed by atoms with E-state index in [0.717, 1.165) is 27.3 Å². The summed E-state index contributed by atoms with van der Waals surface area (Å²) in [6.45, 7) is 0. The second-order valence-electron chi connectivity index (χ2n) is 12.0. The van der Waals surface area contributed by atoms with E-state index in [9.17, 15) is 0 Å². The minimum absolute atomic E-state index is 0.925. The maximum Gasteiger partial charge on any atom is 0.143 e. The molecule has 1 heterocycles. The van der Waals surface area contributed by atoms with Gasteiger partial charge in [-0.1, -0.05) is 146 Å². The lowest BCUT2D eigenvalue weighted by molar-refractivity contribution is 0.672. The Labute approximate surface area is 259 Å². The van der Waals surface area contributed by atoms with Gasteiger partial charge in [0.25, 0.3) is 0 Å². The van der Waals surface area contributed by atoms with Gasteiger partial charge in [0.1, 0.15) is 11.2 Å². The molecule has 0 fully saturated rings. The highest BCUT2D eigenvalue weighted by molar-refractivity contribution is 6.27. The summed E-state index contributed by atoms with van der Waals surface area (Å²) in [6, 6.07) is 57.3. The van der Waals surface area contributed by atoms with Crippen molar-refractivity contribution in [3.63, 3.8) is 0 Å². The summed E-state index contributed by atoms with van der Waals surface area (Å²) >= 11 is 0. The maximum absolute atomic E-state index is 6.48. The number of benzene rings is 9. The smallest absolute Gasteiger partial charge is 0.143 e. The van der Waals surface area contributed by atoms with Crippen LogP contribution in [0.2, 0.25) is 0 Å². The molecular formula is C44H26O. The molecule has 208 valence electrons. The van der Waals surface area contributed by atoms with Crippen molar-refractivity contribution in [1.29, 1.82) is 0 Å². The number of fused-ring (bicyclic) bond motifs is 10. The van der Waals surface area contributed by atoms with E-state index in [1.54, 1.807) is 0 Å². The van der Waals surface area contributed by atoms with Crippen LogP contribution < -0.4 is 0 Å². The molecular weight excluding hydrogens is 544 g/mol. The van der Waals surface area contributed by atoms with Gasteiger partial charge in [0, 0.05) is 16.2 Å². The van der Waals surface area contributed by atoms with Crippen LogP contribution >= 0.6 is 0 Å². The summed E-state index contributed by atoms with van der Waals surface area (Å²) in [5, 5.41) is 14.8. The first-order valence-corrected chi connectivity index (χ1v) is 15.5. The predicted molar refractivity (Wildman–Crippen MR) is 192 cm³/mol. The van der Waals surface area contributed by atoms with Crippen LogP contribution in [0, 0.1) is 0 Å². The van der Waals surface area contributed by atoms with Crippen molar-refractivity contribution in [3.8, 4) is 22.3 Å². The molecule has 0 amide bonds. The van der Waals surface area contributed by atoms with Crippen molar-refractivity contribution in [2.45, 2.75) is 0 Å². The normalized spacial score (nSPS) is 12.0. The van der Waals surface area contributed by atoms with Crippen LogP contribution in [-0.2, 0) is 0 Å². The van der Waals surface area contributed by atoms with E-state index >= 15 is 0 Å². The Bertz CT molecular complexity index is 2760. The van der Waals surface area contributed by atoms with Gasteiger partial charge in [-0.3, -0.25) is 0 Å². The fourth-order valence-corrected chi connectivity index (χ4v) is 7.73. The van der Waals surface area contributed by atoms with Gasteiger partial charge in [-0.15, -0.1) is 0 Å². The molecule has 0 saturated heterocycles. The minimum Gasteiger partial charge on any atom is -0.455 e. The van der Waals surface area contributed by atoms with E-state index < -0.39 is 0 Å². The molecule has 0 atom stereocenters. The number of hydrogen-bond donors (Lipinski definition) is 0. The summed E-state index contributed by atoms with van der Waals surface area (Å²) in [4.78, 5) is 0. The first kappa shape index (κ1) is 24.5. The van der Waals surface area contributed by atoms with E-state index in [0.29, 0.717) is 0 Å². The van der Waals surface area contributed by atoms with Crippen molar-refractivity contribution >= 4 is 75.8 Å². The average molecular weight is 571 g/mol. The van der Waals surface area contributed by atoms with Gasteiger partial charge in [-0.05, 0) is 82.9 Å². The van der Waals surface area contributed by atoms with Gasteiger partial charge < -0.3 is 4.42 Å². The van der Waals surface area contributed by atoms with Crippen molar-refractivity contribution in [3.05, 3.63) is 158 Å². The number of rotatable bonds is 2. The highest BCUT2D eigenvalue weighted by Crippen LogP contribution is 2.47. The Balaban J connectivity index is 1.33. The van der Waals surface area contributed by atoms with Gasteiger partial charge in [0.15, 0.2) is 0 Å². The van der Waals surface area contributed by atoms with Crippen molar-refractivity contribution in [2.24, 2.45) is 0 Å². The third-order valence-electron chi connectivity index (χ3n) is 9.66. The van der Waals surface area contributed by atoms with E-state index in [1.165, 1.54) is 70.7 Å². The average Bonchev–Trinajstić information content (AvgIpc) is 3.49. The molecule has 0 bridgehead atoms. The summed E-state index contributed by atoms with van der Waals surface area (Å²) in [6.07, 6.45) is 0. The Hall–Kier alpha value is -5.92. The zero-order valence-corrected chi connectivity index (χ0v) is 24.4. The van der Waals surface area contributed by atoms with E-state index in [1.807, 2.05) is 6.07 Å². The third-order valence-corrected chi connectivity index (χ3v) is 9.66. The van der Waals surface area contributed by atoms with Crippen LogP contribution in [0.4, 0.5) is 0 Å². The van der Waals surface area contributed by atoms with Crippen LogP contribution in [0.1, 0.15) is 0 Å². The van der Waals surface area contributed by atoms with Crippen molar-refractivity contribution in [2.75, 3.05) is 0 Å². The lowest BCUT2D eigenvalue weighted by atomic mass is 9.83. The zero-order chi connectivity index (χ0) is 29.5. The highest BCUT2D eigenvalue weighted by Gasteiger charge is 2.20. The van der Waals surface area contributed by atoms with Crippen LogP contribution in [0.5, 0.6) is 0 Å². The number of furan rings is 1. The Morgan fingerprint density at radius 1 is 0.267 bits per heavy atom. The Morgan fingerprint density at radius 3 is 1.38 bits per heavy atom.